The predicted molar refractivity (Wildman–Crippen MR) is 98.6 cm³/mol. The lowest BCUT2D eigenvalue weighted by molar-refractivity contribution is -0.151. The fourth-order valence-electron chi connectivity index (χ4n) is 4.20. The van der Waals surface area contributed by atoms with Crippen LogP contribution in [-0.2, 0) is 23.9 Å². The Bertz CT molecular complexity index is 610. The van der Waals surface area contributed by atoms with Gasteiger partial charge in [-0.25, -0.2) is 0 Å². The SMILES string of the molecule is CCOC(=O)C(CC1=C2CC(C)[C@H](OC(C)(C)C)C2CCC1=O)C(C)=O. The van der Waals surface area contributed by atoms with Crippen LogP contribution < -0.4 is 0 Å². The Morgan fingerprint density at radius 2 is 1.92 bits per heavy atom. The number of carbonyl (C=O) groups is 3. The molecule has 0 aromatic rings. The summed E-state index contributed by atoms with van der Waals surface area (Å²) >= 11 is 0. The molecule has 0 amide bonds. The monoisotopic (exact) mass is 364 g/mol. The molecule has 0 aromatic heterocycles. The highest BCUT2D eigenvalue weighted by atomic mass is 16.5. The van der Waals surface area contributed by atoms with Crippen LogP contribution in [0.1, 0.15) is 67.2 Å². The van der Waals surface area contributed by atoms with E-state index in [0.29, 0.717) is 17.9 Å². The minimum Gasteiger partial charge on any atom is -0.465 e. The minimum absolute atomic E-state index is 0.0652. The maximum absolute atomic E-state index is 12.6. The van der Waals surface area contributed by atoms with E-state index in [2.05, 4.69) is 6.92 Å². The Hall–Kier alpha value is -1.49. The Morgan fingerprint density at radius 1 is 1.27 bits per heavy atom. The van der Waals surface area contributed by atoms with Crippen LogP contribution >= 0.6 is 0 Å². The summed E-state index contributed by atoms with van der Waals surface area (Å²) in [6, 6.07) is 0. The van der Waals surface area contributed by atoms with Gasteiger partial charge in [-0.15, -0.1) is 0 Å². The Labute approximate surface area is 156 Å². The van der Waals surface area contributed by atoms with Gasteiger partial charge >= 0.3 is 5.97 Å². The van der Waals surface area contributed by atoms with Gasteiger partial charge in [0.2, 0.25) is 0 Å². The molecule has 5 nitrogen and oxygen atoms in total. The third-order valence-electron chi connectivity index (χ3n) is 5.31. The first-order valence-electron chi connectivity index (χ1n) is 9.65. The smallest absolute Gasteiger partial charge is 0.316 e. The van der Waals surface area contributed by atoms with E-state index >= 15 is 0 Å². The van der Waals surface area contributed by atoms with Gasteiger partial charge in [0.15, 0.2) is 5.78 Å². The summed E-state index contributed by atoms with van der Waals surface area (Å²) in [5.74, 6) is -1.09. The maximum atomic E-state index is 12.6. The molecule has 0 heterocycles. The molecular weight excluding hydrogens is 332 g/mol. The molecule has 0 bridgehead atoms. The molecule has 0 saturated heterocycles. The number of carbonyl (C=O) groups excluding carboxylic acids is 3. The summed E-state index contributed by atoms with van der Waals surface area (Å²) in [5, 5.41) is 0. The van der Waals surface area contributed by atoms with E-state index in [-0.39, 0.29) is 42.2 Å². The average Bonchev–Trinajstić information content (AvgIpc) is 2.80. The molecule has 1 fully saturated rings. The van der Waals surface area contributed by atoms with Crippen LogP contribution in [0.2, 0.25) is 0 Å². The van der Waals surface area contributed by atoms with Crippen LogP contribution in [0.15, 0.2) is 11.1 Å². The zero-order valence-electron chi connectivity index (χ0n) is 16.9. The molecule has 146 valence electrons. The molecule has 2 rings (SSSR count). The number of hydrogen-bond acceptors (Lipinski definition) is 5. The summed E-state index contributed by atoms with van der Waals surface area (Å²) in [6.45, 7) is 11.6. The maximum Gasteiger partial charge on any atom is 0.316 e. The van der Waals surface area contributed by atoms with Crippen molar-refractivity contribution in [2.75, 3.05) is 6.61 Å². The quantitative estimate of drug-likeness (QED) is 0.531. The van der Waals surface area contributed by atoms with Gasteiger partial charge in [-0.3, -0.25) is 14.4 Å². The first-order valence-corrected chi connectivity index (χ1v) is 9.65. The lowest BCUT2D eigenvalue weighted by Gasteiger charge is -2.33. The van der Waals surface area contributed by atoms with Crippen molar-refractivity contribution in [1.82, 2.24) is 0 Å². The van der Waals surface area contributed by atoms with E-state index in [0.717, 1.165) is 18.4 Å². The fourth-order valence-corrected chi connectivity index (χ4v) is 4.20. The van der Waals surface area contributed by atoms with Crippen molar-refractivity contribution in [3.05, 3.63) is 11.1 Å². The van der Waals surface area contributed by atoms with Crippen molar-refractivity contribution >= 4 is 17.5 Å². The van der Waals surface area contributed by atoms with E-state index in [1.807, 2.05) is 20.8 Å². The second-order valence-electron chi connectivity index (χ2n) is 8.57. The summed E-state index contributed by atoms with van der Waals surface area (Å²) in [5.41, 5.74) is 1.52. The van der Waals surface area contributed by atoms with Gasteiger partial charge < -0.3 is 9.47 Å². The summed E-state index contributed by atoms with van der Waals surface area (Å²) in [4.78, 5) is 36.8. The normalized spacial score (nSPS) is 27.3. The minimum atomic E-state index is -0.891. The molecule has 0 N–H and O–H groups in total. The molecular formula is C21H32O5. The number of ketones is 2. The van der Waals surface area contributed by atoms with Crippen molar-refractivity contribution in [1.29, 1.82) is 0 Å². The van der Waals surface area contributed by atoms with Crippen LogP contribution in [0, 0.1) is 17.8 Å². The third-order valence-corrected chi connectivity index (χ3v) is 5.31. The van der Waals surface area contributed by atoms with E-state index in [4.69, 9.17) is 9.47 Å². The zero-order valence-corrected chi connectivity index (χ0v) is 16.9. The van der Waals surface area contributed by atoms with Gasteiger partial charge in [-0.05, 0) is 65.4 Å². The van der Waals surface area contributed by atoms with Gasteiger partial charge in [0, 0.05) is 12.3 Å². The molecule has 0 aliphatic heterocycles. The van der Waals surface area contributed by atoms with Gasteiger partial charge in [-0.2, -0.15) is 0 Å². The van der Waals surface area contributed by atoms with Crippen LogP contribution in [0.3, 0.4) is 0 Å². The first-order chi connectivity index (χ1) is 12.0. The Balaban J connectivity index is 2.32. The number of rotatable bonds is 6. The molecule has 0 aromatic carbocycles. The topological polar surface area (TPSA) is 69.7 Å². The number of Topliss-reactive ketones (excluding diaryl/α,β-unsaturated/α-hetero) is 2. The van der Waals surface area contributed by atoms with E-state index in [1.165, 1.54) is 6.92 Å². The Kier molecular flexibility index (Phi) is 6.43. The lowest BCUT2D eigenvalue weighted by atomic mass is 9.79. The fraction of sp³-hybridized carbons (Fsp3) is 0.762. The van der Waals surface area contributed by atoms with E-state index in [1.54, 1.807) is 6.92 Å². The summed E-state index contributed by atoms with van der Waals surface area (Å²) in [7, 11) is 0. The van der Waals surface area contributed by atoms with Gasteiger partial charge in [0.25, 0.3) is 0 Å². The highest BCUT2D eigenvalue weighted by molar-refractivity contribution is 6.02. The molecule has 4 atom stereocenters. The van der Waals surface area contributed by atoms with Crippen molar-refractivity contribution in [3.8, 4) is 0 Å². The predicted octanol–water partition coefficient (Wildman–Crippen LogP) is 3.64. The van der Waals surface area contributed by atoms with E-state index < -0.39 is 11.9 Å². The molecule has 3 unspecified atom stereocenters. The van der Waals surface area contributed by atoms with E-state index in [9.17, 15) is 14.4 Å². The summed E-state index contributed by atoms with van der Waals surface area (Å²) < 4.78 is 11.3. The third kappa shape index (κ3) is 4.61. The van der Waals surface area contributed by atoms with Crippen LogP contribution in [0.5, 0.6) is 0 Å². The first kappa shape index (κ1) is 20.8. The van der Waals surface area contributed by atoms with Crippen molar-refractivity contribution in [3.63, 3.8) is 0 Å². The standard InChI is InChI=1S/C21H32O5/c1-7-25-20(24)15(13(3)22)11-17-16-10-12(2)19(26-21(4,5)6)14(16)8-9-18(17)23/h12,14-15,19H,7-11H2,1-6H3/t12?,14?,15?,19-/m0/s1. The van der Waals surface area contributed by atoms with Crippen LogP contribution in [-0.4, -0.2) is 35.8 Å². The average molecular weight is 364 g/mol. The molecule has 1 saturated carbocycles. The largest absolute Gasteiger partial charge is 0.465 e. The highest BCUT2D eigenvalue weighted by Gasteiger charge is 2.45. The number of esters is 1. The summed E-state index contributed by atoms with van der Waals surface area (Å²) in [6.07, 6.45) is 2.26. The number of fused-ring (bicyclic) bond motifs is 1. The number of ether oxygens (including phenoxy) is 2. The molecule has 2 aliphatic carbocycles. The molecule has 0 radical (unpaired) electrons. The Morgan fingerprint density at radius 3 is 2.46 bits per heavy atom. The highest BCUT2D eigenvalue weighted by Crippen LogP contribution is 2.47. The second kappa shape index (κ2) is 8.03. The van der Waals surface area contributed by atoms with Crippen molar-refractivity contribution in [2.24, 2.45) is 17.8 Å². The molecule has 0 spiro atoms. The molecule has 2 aliphatic rings. The van der Waals surface area contributed by atoms with Crippen LogP contribution in [0.4, 0.5) is 0 Å². The van der Waals surface area contributed by atoms with Gasteiger partial charge in [0.05, 0.1) is 18.3 Å². The number of allylic oxidation sites excluding steroid dienone is 1. The zero-order chi connectivity index (χ0) is 19.6. The van der Waals surface area contributed by atoms with Gasteiger partial charge in [-0.1, -0.05) is 12.5 Å². The number of hydrogen-bond donors (Lipinski definition) is 0. The second-order valence-corrected chi connectivity index (χ2v) is 8.57. The van der Waals surface area contributed by atoms with Crippen LogP contribution in [0.25, 0.3) is 0 Å². The molecule has 26 heavy (non-hydrogen) atoms. The molecule has 5 heteroatoms. The van der Waals surface area contributed by atoms with Crippen molar-refractivity contribution in [2.45, 2.75) is 78.9 Å². The van der Waals surface area contributed by atoms with Gasteiger partial charge in [0.1, 0.15) is 11.7 Å². The van der Waals surface area contributed by atoms with Crippen molar-refractivity contribution < 1.29 is 23.9 Å². The lowest BCUT2D eigenvalue weighted by Crippen LogP contribution is -2.35.